The third kappa shape index (κ3) is 4.80. The second-order valence-corrected chi connectivity index (χ2v) is 9.11. The Labute approximate surface area is 192 Å². The van der Waals surface area contributed by atoms with Gasteiger partial charge in [-0.2, -0.15) is 0 Å². The normalized spacial score (nSPS) is 12.8. The summed E-state index contributed by atoms with van der Waals surface area (Å²) in [6, 6.07) is 27.5. The van der Waals surface area contributed by atoms with Gasteiger partial charge in [-0.25, -0.2) is 0 Å². The van der Waals surface area contributed by atoms with Crippen LogP contribution in [0.1, 0.15) is 34.3 Å². The summed E-state index contributed by atoms with van der Waals surface area (Å²) in [5.74, 6) is -1.03. The molecule has 2 atom stereocenters. The van der Waals surface area contributed by atoms with Gasteiger partial charge in [0.15, 0.2) is 0 Å². The first-order chi connectivity index (χ1) is 15.2. The van der Waals surface area contributed by atoms with E-state index in [9.17, 15) is 4.79 Å². The number of esters is 1. The summed E-state index contributed by atoms with van der Waals surface area (Å²) in [7, 11) is 0. The Morgan fingerprint density at radius 3 is 2.23 bits per heavy atom. The van der Waals surface area contributed by atoms with Gasteiger partial charge >= 0.3 is 193 Å². The molecule has 0 aliphatic carbocycles. The molecule has 0 unspecified atom stereocenters. The zero-order chi connectivity index (χ0) is 21.6. The van der Waals surface area contributed by atoms with Crippen LogP contribution in [0.3, 0.4) is 0 Å². The summed E-state index contributed by atoms with van der Waals surface area (Å²) in [6.45, 7) is 2.15. The molecule has 0 radical (unpaired) electrons. The molecule has 6 heteroatoms. The van der Waals surface area contributed by atoms with Gasteiger partial charge in [-0.1, -0.05) is 0 Å². The molecule has 0 bridgehead atoms. The van der Waals surface area contributed by atoms with Crippen LogP contribution >= 0.6 is 11.6 Å². The first-order valence-corrected chi connectivity index (χ1v) is 12.0. The van der Waals surface area contributed by atoms with Crippen molar-refractivity contribution in [3.8, 4) is 11.3 Å². The maximum absolute atomic E-state index is 13.3. The molecule has 0 saturated heterocycles. The van der Waals surface area contributed by atoms with E-state index in [1.165, 1.54) is 0 Å². The average molecular weight is 496 g/mol. The fourth-order valence-electron chi connectivity index (χ4n) is 3.72. The van der Waals surface area contributed by atoms with Gasteiger partial charge in [-0.15, -0.1) is 0 Å². The standard InChI is InChI=1S/C25H21ClN2O2Se/c1-2-30-25(29)22(17-9-5-3-6-10-17)21(18-13-15-20(26)16-14-18)24-23(27-28-31-24)19-11-7-4-8-12-19/h3-16,21-22H,2H2,1H3/t21-,22-/m1/s1. The molecule has 0 N–H and O–H groups in total. The first kappa shape index (κ1) is 21.5. The van der Waals surface area contributed by atoms with Crippen LogP contribution in [0.15, 0.2) is 84.9 Å². The predicted octanol–water partition coefficient (Wildman–Crippen LogP) is 5.33. The van der Waals surface area contributed by atoms with Gasteiger partial charge in [0.05, 0.1) is 0 Å². The number of hydrogen-bond donors (Lipinski definition) is 0. The van der Waals surface area contributed by atoms with Crippen molar-refractivity contribution in [1.29, 1.82) is 0 Å². The Hall–Kier alpha value is -2.72. The molecule has 31 heavy (non-hydrogen) atoms. The molecule has 4 nitrogen and oxygen atoms in total. The Kier molecular flexibility index (Phi) is 6.98. The fourth-order valence-corrected chi connectivity index (χ4v) is 5.61. The Balaban J connectivity index is 1.92. The Bertz CT molecular complexity index is 1130. The topological polar surface area (TPSA) is 52.1 Å². The van der Waals surface area contributed by atoms with E-state index in [0.29, 0.717) is 11.6 Å². The van der Waals surface area contributed by atoms with Gasteiger partial charge in [0.25, 0.3) is 0 Å². The van der Waals surface area contributed by atoms with Crippen LogP contribution in [-0.4, -0.2) is 36.5 Å². The van der Waals surface area contributed by atoms with Gasteiger partial charge in [-0.3, -0.25) is 0 Å². The molecular weight excluding hydrogens is 475 g/mol. The summed E-state index contributed by atoms with van der Waals surface area (Å²) in [5.41, 5.74) is 3.73. The predicted molar refractivity (Wildman–Crippen MR) is 124 cm³/mol. The van der Waals surface area contributed by atoms with Crippen molar-refractivity contribution in [2.24, 2.45) is 0 Å². The zero-order valence-corrected chi connectivity index (χ0v) is 19.4. The molecule has 0 fully saturated rings. The van der Waals surface area contributed by atoms with Crippen LogP contribution in [0.25, 0.3) is 11.3 Å². The summed E-state index contributed by atoms with van der Waals surface area (Å²) in [5, 5.41) is 5.14. The number of benzene rings is 3. The number of halogens is 1. The van der Waals surface area contributed by atoms with Crippen LogP contribution < -0.4 is 0 Å². The third-order valence-corrected chi connectivity index (χ3v) is 7.05. The van der Waals surface area contributed by atoms with E-state index >= 15 is 0 Å². The van der Waals surface area contributed by atoms with Crippen molar-refractivity contribution in [2.45, 2.75) is 18.8 Å². The molecule has 4 rings (SSSR count). The number of nitrogens with zero attached hydrogens (tertiary/aromatic N) is 2. The van der Waals surface area contributed by atoms with E-state index in [0.717, 1.165) is 26.8 Å². The molecule has 0 aliphatic rings. The second kappa shape index (κ2) is 10.1. The van der Waals surface area contributed by atoms with E-state index in [4.69, 9.17) is 16.3 Å². The van der Waals surface area contributed by atoms with E-state index in [2.05, 4.69) is 9.19 Å². The SMILES string of the molecule is CCOC(=O)[C@H](c1ccccc1)[C@@H](c1ccc(Cl)cc1)c1[se]nnc1-c1ccccc1. The Morgan fingerprint density at radius 1 is 0.935 bits per heavy atom. The average Bonchev–Trinajstić information content (AvgIpc) is 3.29. The van der Waals surface area contributed by atoms with E-state index in [1.54, 1.807) is 0 Å². The molecule has 3 aromatic carbocycles. The maximum atomic E-state index is 13.3. The van der Waals surface area contributed by atoms with E-state index < -0.39 is 5.92 Å². The van der Waals surface area contributed by atoms with Crippen LogP contribution in [0, 0.1) is 0 Å². The second-order valence-electron chi connectivity index (χ2n) is 7.02. The minimum absolute atomic E-state index is 0.227. The van der Waals surface area contributed by atoms with Crippen molar-refractivity contribution in [1.82, 2.24) is 9.19 Å². The van der Waals surface area contributed by atoms with Gasteiger partial charge in [0, 0.05) is 0 Å². The first-order valence-electron chi connectivity index (χ1n) is 10.0. The van der Waals surface area contributed by atoms with Crippen LogP contribution in [-0.2, 0) is 9.53 Å². The zero-order valence-electron chi connectivity index (χ0n) is 16.9. The molecule has 1 heterocycles. The fraction of sp³-hybridized carbons (Fsp3) is 0.160. The molecular formula is C25H21ClN2O2Se. The van der Waals surface area contributed by atoms with Crippen molar-refractivity contribution in [3.63, 3.8) is 0 Å². The van der Waals surface area contributed by atoms with Crippen LogP contribution in [0.5, 0.6) is 0 Å². The van der Waals surface area contributed by atoms with Gasteiger partial charge in [0.1, 0.15) is 0 Å². The van der Waals surface area contributed by atoms with Crippen molar-refractivity contribution in [3.05, 3.63) is 106 Å². The quantitative estimate of drug-likeness (QED) is 0.257. The summed E-state index contributed by atoms with van der Waals surface area (Å²) >= 11 is 5.95. The number of rotatable bonds is 7. The molecule has 156 valence electrons. The number of carbonyl (C=O) groups excluding carboxylic acids is 1. The minimum atomic E-state index is -0.513. The summed E-state index contributed by atoms with van der Waals surface area (Å²) in [6.07, 6.45) is 0. The van der Waals surface area contributed by atoms with Crippen molar-refractivity contribution in [2.75, 3.05) is 6.61 Å². The number of ether oxygens (including phenoxy) is 1. The third-order valence-electron chi connectivity index (χ3n) is 5.10. The number of hydrogen-bond acceptors (Lipinski definition) is 4. The molecule has 0 amide bonds. The van der Waals surface area contributed by atoms with Crippen LogP contribution in [0.2, 0.25) is 5.02 Å². The molecule has 4 aromatic rings. The van der Waals surface area contributed by atoms with Crippen LogP contribution in [0.4, 0.5) is 0 Å². The summed E-state index contributed by atoms with van der Waals surface area (Å²) in [4.78, 5) is 13.3. The number of aromatic nitrogens is 2. The van der Waals surface area contributed by atoms with Crippen molar-refractivity contribution >= 4 is 32.3 Å². The summed E-state index contributed by atoms with van der Waals surface area (Å²) < 4.78 is 11.0. The molecule has 0 spiro atoms. The van der Waals surface area contributed by atoms with Gasteiger partial charge < -0.3 is 0 Å². The number of carbonyl (C=O) groups is 1. The van der Waals surface area contributed by atoms with E-state index in [1.807, 2.05) is 91.9 Å². The molecule has 0 aliphatic heterocycles. The van der Waals surface area contributed by atoms with Gasteiger partial charge in [0.2, 0.25) is 0 Å². The molecule has 0 saturated carbocycles. The molecule has 1 aromatic heterocycles. The van der Waals surface area contributed by atoms with Gasteiger partial charge in [-0.05, 0) is 0 Å². The Morgan fingerprint density at radius 2 is 1.58 bits per heavy atom. The van der Waals surface area contributed by atoms with E-state index in [-0.39, 0.29) is 26.6 Å². The monoisotopic (exact) mass is 496 g/mol. The van der Waals surface area contributed by atoms with Crippen molar-refractivity contribution < 1.29 is 9.53 Å².